The standard InChI is InChI=1S/C16H12O4/c17-14(10-15(18)16(19)20)13-9-5-4-8-12(13)11-6-2-1-3-7-11/h1-9H,10H2,(H,19,20). The zero-order valence-electron chi connectivity index (χ0n) is 10.6. The molecule has 0 atom stereocenters. The number of hydrogen-bond donors (Lipinski definition) is 1. The molecule has 0 aliphatic carbocycles. The zero-order chi connectivity index (χ0) is 14.5. The molecule has 0 aliphatic heterocycles. The van der Waals surface area contributed by atoms with Crippen molar-refractivity contribution in [1.82, 2.24) is 0 Å². The fourth-order valence-electron chi connectivity index (χ4n) is 1.91. The minimum Gasteiger partial charge on any atom is -0.475 e. The van der Waals surface area contributed by atoms with E-state index in [1.54, 1.807) is 24.3 Å². The molecule has 0 aliphatic rings. The Morgan fingerprint density at radius 2 is 1.45 bits per heavy atom. The van der Waals surface area contributed by atoms with E-state index in [2.05, 4.69) is 0 Å². The molecule has 1 N–H and O–H groups in total. The first-order valence-electron chi connectivity index (χ1n) is 6.03. The van der Waals surface area contributed by atoms with Crippen LogP contribution in [-0.4, -0.2) is 22.6 Å². The van der Waals surface area contributed by atoms with E-state index in [-0.39, 0.29) is 0 Å². The first-order valence-corrected chi connectivity index (χ1v) is 6.03. The Morgan fingerprint density at radius 1 is 0.850 bits per heavy atom. The van der Waals surface area contributed by atoms with E-state index >= 15 is 0 Å². The van der Waals surface area contributed by atoms with Crippen molar-refractivity contribution in [2.24, 2.45) is 0 Å². The predicted octanol–water partition coefficient (Wildman–Crippen LogP) is 2.58. The lowest BCUT2D eigenvalue weighted by molar-refractivity contribution is -0.148. The molecule has 4 nitrogen and oxygen atoms in total. The SMILES string of the molecule is O=C(O)C(=O)CC(=O)c1ccccc1-c1ccccc1. The van der Waals surface area contributed by atoms with Crippen LogP contribution in [-0.2, 0) is 9.59 Å². The zero-order valence-corrected chi connectivity index (χ0v) is 10.6. The summed E-state index contributed by atoms with van der Waals surface area (Å²) in [6, 6.07) is 16.1. The third-order valence-corrected chi connectivity index (χ3v) is 2.87. The van der Waals surface area contributed by atoms with Crippen molar-refractivity contribution >= 4 is 17.5 Å². The third-order valence-electron chi connectivity index (χ3n) is 2.87. The lowest BCUT2D eigenvalue weighted by atomic mass is 9.95. The smallest absolute Gasteiger partial charge is 0.372 e. The number of aliphatic carboxylic acids is 1. The summed E-state index contributed by atoms with van der Waals surface area (Å²) >= 11 is 0. The molecular weight excluding hydrogens is 256 g/mol. The maximum Gasteiger partial charge on any atom is 0.372 e. The minimum absolute atomic E-state index is 0.355. The van der Waals surface area contributed by atoms with E-state index in [9.17, 15) is 14.4 Å². The molecule has 0 spiro atoms. The van der Waals surface area contributed by atoms with Crippen molar-refractivity contribution in [1.29, 1.82) is 0 Å². The van der Waals surface area contributed by atoms with Crippen molar-refractivity contribution in [2.45, 2.75) is 6.42 Å². The summed E-state index contributed by atoms with van der Waals surface area (Å²) in [6.45, 7) is 0. The number of Topliss-reactive ketones (excluding diaryl/α,β-unsaturated/α-hetero) is 2. The Kier molecular flexibility index (Phi) is 4.05. The molecule has 2 aromatic carbocycles. The number of carboxylic acid groups (broad SMARTS) is 1. The predicted molar refractivity (Wildman–Crippen MR) is 73.5 cm³/mol. The maximum atomic E-state index is 12.1. The first-order chi connectivity index (χ1) is 9.59. The van der Waals surface area contributed by atoms with E-state index in [1.807, 2.05) is 30.3 Å². The van der Waals surface area contributed by atoms with Crippen LogP contribution >= 0.6 is 0 Å². The molecule has 0 aromatic heterocycles. The van der Waals surface area contributed by atoms with Gasteiger partial charge in [0.2, 0.25) is 5.78 Å². The molecule has 0 saturated heterocycles. The van der Waals surface area contributed by atoms with Gasteiger partial charge in [0.1, 0.15) is 0 Å². The summed E-state index contributed by atoms with van der Waals surface area (Å²) in [4.78, 5) is 33.7. The fourth-order valence-corrected chi connectivity index (χ4v) is 1.91. The van der Waals surface area contributed by atoms with Gasteiger partial charge in [0, 0.05) is 5.56 Å². The third kappa shape index (κ3) is 2.98. The van der Waals surface area contributed by atoms with Crippen LogP contribution in [0.4, 0.5) is 0 Å². The lowest BCUT2D eigenvalue weighted by Gasteiger charge is -2.08. The number of rotatable bonds is 5. The van der Waals surface area contributed by atoms with Crippen molar-refractivity contribution in [2.75, 3.05) is 0 Å². The largest absolute Gasteiger partial charge is 0.475 e. The highest BCUT2D eigenvalue weighted by molar-refractivity contribution is 6.37. The average Bonchev–Trinajstić information content (AvgIpc) is 2.48. The van der Waals surface area contributed by atoms with Crippen molar-refractivity contribution in [3.63, 3.8) is 0 Å². The van der Waals surface area contributed by atoms with Crippen LogP contribution < -0.4 is 0 Å². The number of hydrogen-bond acceptors (Lipinski definition) is 3. The number of carbonyl (C=O) groups excluding carboxylic acids is 2. The van der Waals surface area contributed by atoms with Gasteiger partial charge in [0.25, 0.3) is 0 Å². The number of carbonyl (C=O) groups is 3. The first kappa shape index (κ1) is 13.7. The van der Waals surface area contributed by atoms with Crippen LogP contribution in [0.5, 0.6) is 0 Å². The summed E-state index contributed by atoms with van der Waals surface area (Å²) in [5.41, 5.74) is 1.89. The van der Waals surface area contributed by atoms with Crippen LogP contribution in [0.2, 0.25) is 0 Å². The molecule has 0 unspecified atom stereocenters. The van der Waals surface area contributed by atoms with Crippen LogP contribution in [0.1, 0.15) is 16.8 Å². The molecule has 0 fully saturated rings. The lowest BCUT2D eigenvalue weighted by Crippen LogP contribution is -2.17. The fraction of sp³-hybridized carbons (Fsp3) is 0.0625. The molecule has 0 bridgehead atoms. The van der Waals surface area contributed by atoms with Crippen LogP contribution in [0, 0.1) is 0 Å². The Labute approximate surface area is 115 Å². The molecule has 0 radical (unpaired) electrons. The highest BCUT2D eigenvalue weighted by Crippen LogP contribution is 2.24. The minimum atomic E-state index is -1.59. The van der Waals surface area contributed by atoms with Gasteiger partial charge >= 0.3 is 5.97 Å². The van der Waals surface area contributed by atoms with E-state index in [0.717, 1.165) is 5.56 Å². The highest BCUT2D eigenvalue weighted by atomic mass is 16.4. The summed E-state index contributed by atoms with van der Waals surface area (Å²) in [5.74, 6) is -3.18. The Hall–Kier alpha value is -2.75. The highest BCUT2D eigenvalue weighted by Gasteiger charge is 2.19. The molecule has 2 aromatic rings. The van der Waals surface area contributed by atoms with Crippen molar-refractivity contribution < 1.29 is 19.5 Å². The molecule has 0 saturated carbocycles. The van der Waals surface area contributed by atoms with E-state index in [1.165, 1.54) is 0 Å². The van der Waals surface area contributed by atoms with Crippen LogP contribution in [0.25, 0.3) is 11.1 Å². The molecule has 100 valence electrons. The second kappa shape index (κ2) is 5.93. The average molecular weight is 268 g/mol. The Morgan fingerprint density at radius 3 is 2.10 bits per heavy atom. The van der Waals surface area contributed by atoms with Gasteiger partial charge in [0.05, 0.1) is 6.42 Å². The van der Waals surface area contributed by atoms with Gasteiger partial charge < -0.3 is 5.11 Å². The Balaban J connectivity index is 2.36. The number of benzene rings is 2. The Bertz CT molecular complexity index is 659. The maximum absolute atomic E-state index is 12.1. The van der Waals surface area contributed by atoms with Gasteiger partial charge in [-0.05, 0) is 11.1 Å². The van der Waals surface area contributed by atoms with Gasteiger partial charge in [0.15, 0.2) is 5.78 Å². The second-order valence-electron chi connectivity index (χ2n) is 4.24. The molecule has 20 heavy (non-hydrogen) atoms. The number of ketones is 2. The summed E-state index contributed by atoms with van der Waals surface area (Å²) in [5, 5.41) is 8.56. The summed E-state index contributed by atoms with van der Waals surface area (Å²) in [6.07, 6.45) is -0.626. The van der Waals surface area contributed by atoms with Crippen LogP contribution in [0.15, 0.2) is 54.6 Å². The molecular formula is C16H12O4. The number of carboxylic acids is 1. The van der Waals surface area contributed by atoms with Crippen molar-refractivity contribution in [3.05, 3.63) is 60.2 Å². The normalized spacial score (nSPS) is 10.0. The monoisotopic (exact) mass is 268 g/mol. The van der Waals surface area contributed by atoms with E-state index in [0.29, 0.717) is 11.1 Å². The van der Waals surface area contributed by atoms with Gasteiger partial charge in [-0.2, -0.15) is 0 Å². The molecule has 2 rings (SSSR count). The summed E-state index contributed by atoms with van der Waals surface area (Å²) < 4.78 is 0. The van der Waals surface area contributed by atoms with Gasteiger partial charge in [-0.3, -0.25) is 9.59 Å². The van der Waals surface area contributed by atoms with Crippen molar-refractivity contribution in [3.8, 4) is 11.1 Å². The molecule has 0 amide bonds. The van der Waals surface area contributed by atoms with E-state index < -0.39 is 24.0 Å². The van der Waals surface area contributed by atoms with Gasteiger partial charge in [-0.1, -0.05) is 54.6 Å². The molecule has 4 heteroatoms. The van der Waals surface area contributed by atoms with Gasteiger partial charge in [-0.15, -0.1) is 0 Å². The van der Waals surface area contributed by atoms with E-state index in [4.69, 9.17) is 5.11 Å². The molecule has 0 heterocycles. The topological polar surface area (TPSA) is 71.4 Å². The summed E-state index contributed by atoms with van der Waals surface area (Å²) in [7, 11) is 0. The van der Waals surface area contributed by atoms with Gasteiger partial charge in [-0.25, -0.2) is 4.79 Å². The quantitative estimate of drug-likeness (QED) is 0.514. The van der Waals surface area contributed by atoms with Crippen LogP contribution in [0.3, 0.4) is 0 Å². The second-order valence-corrected chi connectivity index (χ2v) is 4.24.